The lowest BCUT2D eigenvalue weighted by Gasteiger charge is -2.29. The number of rotatable bonds is 5. The molecule has 0 bridgehead atoms. The van der Waals surface area contributed by atoms with E-state index >= 15 is 0 Å². The molecule has 0 saturated heterocycles. The molecule has 0 aromatic heterocycles. The number of halogens is 2. The van der Waals surface area contributed by atoms with E-state index in [1.54, 1.807) is 13.0 Å². The molecular weight excluding hydrogens is 343 g/mol. The third kappa shape index (κ3) is 3.17. The molecular formula is C14H18BrFN2OS. The molecule has 110 valence electrons. The second-order valence-electron chi connectivity index (χ2n) is 4.69. The molecule has 0 atom stereocenters. The molecule has 1 rings (SSSR count). The highest BCUT2D eigenvalue weighted by Crippen LogP contribution is 2.30. The van der Waals surface area contributed by atoms with Gasteiger partial charge in [0, 0.05) is 5.69 Å². The number of benzene rings is 1. The number of carbonyl (C=O) groups is 1. The highest BCUT2D eigenvalue weighted by Gasteiger charge is 2.38. The Bertz CT molecular complexity index is 544. The quantitative estimate of drug-likeness (QED) is 0.782. The van der Waals surface area contributed by atoms with Crippen molar-refractivity contribution in [1.82, 2.24) is 0 Å². The summed E-state index contributed by atoms with van der Waals surface area (Å²) in [6.07, 6.45) is 1.01. The largest absolute Gasteiger partial charge is 0.392 e. The SMILES string of the molecule is CCC(CC)(C(=O)Nc1cc(F)c(Br)cc1C)C(N)=S. The Balaban J connectivity index is 3.12. The maximum atomic E-state index is 13.6. The van der Waals surface area contributed by atoms with Crippen LogP contribution in [0.5, 0.6) is 0 Å². The molecule has 0 unspecified atom stereocenters. The summed E-state index contributed by atoms with van der Waals surface area (Å²) in [4.78, 5) is 12.6. The normalized spacial score (nSPS) is 11.2. The van der Waals surface area contributed by atoms with E-state index in [2.05, 4.69) is 21.2 Å². The Hall–Kier alpha value is -1.01. The molecule has 6 heteroatoms. The van der Waals surface area contributed by atoms with Crippen molar-refractivity contribution in [2.24, 2.45) is 11.1 Å². The van der Waals surface area contributed by atoms with Crippen LogP contribution in [0.3, 0.4) is 0 Å². The Kier molecular flexibility index (Phi) is 5.65. The Labute approximate surface area is 132 Å². The average molecular weight is 361 g/mol. The summed E-state index contributed by atoms with van der Waals surface area (Å²) in [5.41, 5.74) is 6.02. The minimum atomic E-state index is -0.897. The first-order valence-corrected chi connectivity index (χ1v) is 7.55. The van der Waals surface area contributed by atoms with Crippen LogP contribution in [0.15, 0.2) is 16.6 Å². The molecule has 1 aromatic carbocycles. The lowest BCUT2D eigenvalue weighted by Crippen LogP contribution is -2.45. The van der Waals surface area contributed by atoms with E-state index in [9.17, 15) is 9.18 Å². The van der Waals surface area contributed by atoms with Gasteiger partial charge < -0.3 is 11.1 Å². The summed E-state index contributed by atoms with van der Waals surface area (Å²) in [7, 11) is 0. The Morgan fingerprint density at radius 2 is 2.00 bits per heavy atom. The van der Waals surface area contributed by atoms with E-state index in [4.69, 9.17) is 18.0 Å². The zero-order valence-corrected chi connectivity index (χ0v) is 14.1. The van der Waals surface area contributed by atoms with Gasteiger partial charge in [0.2, 0.25) is 5.91 Å². The molecule has 3 N–H and O–H groups in total. The van der Waals surface area contributed by atoms with Crippen molar-refractivity contribution >= 4 is 44.7 Å². The standard InChI is InChI=1S/C14H18BrFN2OS/c1-4-14(5-2,12(17)20)13(19)18-11-7-10(16)9(15)6-8(11)3/h6-7H,4-5H2,1-3H3,(H2,17,20)(H,18,19). The van der Waals surface area contributed by atoms with Gasteiger partial charge in [0.1, 0.15) is 5.82 Å². The molecule has 0 heterocycles. The van der Waals surface area contributed by atoms with Crippen LogP contribution in [-0.4, -0.2) is 10.9 Å². The number of carbonyl (C=O) groups excluding carboxylic acids is 1. The maximum Gasteiger partial charge on any atom is 0.237 e. The van der Waals surface area contributed by atoms with Gasteiger partial charge in [0.25, 0.3) is 0 Å². The van der Waals surface area contributed by atoms with Gasteiger partial charge in [0.05, 0.1) is 14.9 Å². The van der Waals surface area contributed by atoms with Crippen molar-refractivity contribution in [1.29, 1.82) is 0 Å². The van der Waals surface area contributed by atoms with Gasteiger partial charge in [-0.15, -0.1) is 0 Å². The van der Waals surface area contributed by atoms with Gasteiger partial charge in [-0.2, -0.15) is 0 Å². The Morgan fingerprint density at radius 3 is 2.45 bits per heavy atom. The fraction of sp³-hybridized carbons (Fsp3) is 0.429. The molecule has 1 aromatic rings. The summed E-state index contributed by atoms with van der Waals surface area (Å²) >= 11 is 8.14. The number of anilines is 1. The van der Waals surface area contributed by atoms with Gasteiger partial charge in [0.15, 0.2) is 0 Å². The predicted molar refractivity (Wildman–Crippen MR) is 87.3 cm³/mol. The van der Waals surface area contributed by atoms with Crippen LogP contribution in [0.25, 0.3) is 0 Å². The summed E-state index contributed by atoms with van der Waals surface area (Å²) in [5, 5.41) is 2.74. The predicted octanol–water partition coefficient (Wildman–Crippen LogP) is 3.93. The monoisotopic (exact) mass is 360 g/mol. The van der Waals surface area contributed by atoms with Gasteiger partial charge >= 0.3 is 0 Å². The molecule has 0 saturated carbocycles. The van der Waals surface area contributed by atoms with Crippen LogP contribution in [0, 0.1) is 18.2 Å². The van der Waals surface area contributed by atoms with E-state index in [0.29, 0.717) is 23.0 Å². The summed E-state index contributed by atoms with van der Waals surface area (Å²) in [6, 6.07) is 2.90. The summed E-state index contributed by atoms with van der Waals surface area (Å²) < 4.78 is 13.9. The van der Waals surface area contributed by atoms with Gasteiger partial charge in [-0.25, -0.2) is 4.39 Å². The molecule has 3 nitrogen and oxygen atoms in total. The highest BCUT2D eigenvalue weighted by atomic mass is 79.9. The molecule has 0 aliphatic carbocycles. The van der Waals surface area contributed by atoms with Crippen molar-refractivity contribution < 1.29 is 9.18 Å². The number of amides is 1. The van der Waals surface area contributed by atoms with Crippen LogP contribution in [0.4, 0.5) is 10.1 Å². The first kappa shape index (κ1) is 17.0. The van der Waals surface area contributed by atoms with Crippen molar-refractivity contribution in [3.63, 3.8) is 0 Å². The van der Waals surface area contributed by atoms with Crippen LogP contribution < -0.4 is 11.1 Å². The molecule has 0 fully saturated rings. The minimum absolute atomic E-state index is 0.162. The van der Waals surface area contributed by atoms with E-state index < -0.39 is 11.2 Å². The van der Waals surface area contributed by atoms with Gasteiger partial charge in [-0.05, 0) is 53.4 Å². The molecule has 0 aliphatic rings. The van der Waals surface area contributed by atoms with Crippen LogP contribution >= 0.6 is 28.1 Å². The minimum Gasteiger partial charge on any atom is -0.392 e. The smallest absolute Gasteiger partial charge is 0.237 e. The number of nitrogens with two attached hydrogens (primary N) is 1. The fourth-order valence-electron chi connectivity index (χ4n) is 2.05. The van der Waals surface area contributed by atoms with E-state index in [-0.39, 0.29) is 10.9 Å². The third-order valence-electron chi connectivity index (χ3n) is 3.63. The first-order chi connectivity index (χ1) is 9.28. The second-order valence-corrected chi connectivity index (χ2v) is 5.98. The molecule has 1 amide bonds. The fourth-order valence-corrected chi connectivity index (χ4v) is 2.89. The second kappa shape index (κ2) is 6.63. The summed E-state index contributed by atoms with van der Waals surface area (Å²) in [6.45, 7) is 5.51. The Morgan fingerprint density at radius 1 is 1.45 bits per heavy atom. The molecule has 0 radical (unpaired) electrons. The lowest BCUT2D eigenvalue weighted by molar-refractivity contribution is -0.122. The maximum absolute atomic E-state index is 13.6. The number of hydrogen-bond donors (Lipinski definition) is 2. The van der Waals surface area contributed by atoms with Crippen molar-refractivity contribution in [2.45, 2.75) is 33.6 Å². The molecule has 20 heavy (non-hydrogen) atoms. The van der Waals surface area contributed by atoms with Crippen LogP contribution in [-0.2, 0) is 4.79 Å². The molecule has 0 aliphatic heterocycles. The lowest BCUT2D eigenvalue weighted by atomic mass is 9.81. The number of nitrogens with one attached hydrogen (secondary N) is 1. The third-order valence-corrected chi connectivity index (χ3v) is 4.63. The van der Waals surface area contributed by atoms with Crippen molar-refractivity contribution in [3.8, 4) is 0 Å². The molecule has 0 spiro atoms. The highest BCUT2D eigenvalue weighted by molar-refractivity contribution is 9.10. The number of aryl methyl sites for hydroxylation is 1. The number of thiocarbonyl (C=S) groups is 1. The van der Waals surface area contributed by atoms with E-state index in [1.165, 1.54) is 6.07 Å². The zero-order chi connectivity index (χ0) is 15.5. The van der Waals surface area contributed by atoms with Crippen LogP contribution in [0.2, 0.25) is 0 Å². The van der Waals surface area contributed by atoms with Gasteiger partial charge in [-0.1, -0.05) is 26.1 Å². The van der Waals surface area contributed by atoms with Crippen molar-refractivity contribution in [3.05, 3.63) is 28.0 Å². The number of hydrogen-bond acceptors (Lipinski definition) is 2. The topological polar surface area (TPSA) is 55.1 Å². The van der Waals surface area contributed by atoms with E-state index in [1.807, 2.05) is 13.8 Å². The zero-order valence-electron chi connectivity index (χ0n) is 11.7. The van der Waals surface area contributed by atoms with Crippen LogP contribution in [0.1, 0.15) is 32.3 Å². The summed E-state index contributed by atoms with van der Waals surface area (Å²) in [5.74, 6) is -0.723. The van der Waals surface area contributed by atoms with Gasteiger partial charge in [-0.3, -0.25) is 4.79 Å². The van der Waals surface area contributed by atoms with Crippen molar-refractivity contribution in [2.75, 3.05) is 5.32 Å². The average Bonchev–Trinajstić information content (AvgIpc) is 2.37. The van der Waals surface area contributed by atoms with E-state index in [0.717, 1.165) is 5.56 Å². The first-order valence-electron chi connectivity index (χ1n) is 6.35.